The Bertz CT molecular complexity index is 336. The van der Waals surface area contributed by atoms with Gasteiger partial charge in [0.25, 0.3) is 0 Å². The minimum atomic E-state index is -0.390. The highest BCUT2D eigenvalue weighted by Gasteiger charge is 1.97. The van der Waals surface area contributed by atoms with Gasteiger partial charge in [-0.2, -0.15) is 0 Å². The number of aliphatic hydroxyl groups is 2. The van der Waals surface area contributed by atoms with E-state index >= 15 is 0 Å². The predicted octanol–water partition coefficient (Wildman–Crippen LogP) is 3.04. The molecule has 2 nitrogen and oxygen atoms in total. The Morgan fingerprint density at radius 3 is 2.58 bits per heavy atom. The Balaban J connectivity index is 3.62. The zero-order valence-corrected chi connectivity index (χ0v) is 12.0. The molecule has 1 atom stereocenters. The van der Waals surface area contributed by atoms with Gasteiger partial charge < -0.3 is 10.2 Å². The molecule has 19 heavy (non-hydrogen) atoms. The molecule has 0 aromatic heterocycles. The lowest BCUT2D eigenvalue weighted by Gasteiger charge is -2.03. The fourth-order valence-electron chi connectivity index (χ4n) is 1.56. The second kappa shape index (κ2) is 14.8. The van der Waals surface area contributed by atoms with Crippen molar-refractivity contribution in [2.75, 3.05) is 6.61 Å². The molecule has 0 aliphatic carbocycles. The van der Waals surface area contributed by atoms with E-state index in [2.05, 4.69) is 30.6 Å². The Morgan fingerprint density at radius 1 is 1.05 bits per heavy atom. The molecule has 2 heteroatoms. The summed E-state index contributed by atoms with van der Waals surface area (Å²) in [5.74, 6) is 11.0. The number of rotatable bonds is 9. The van der Waals surface area contributed by atoms with E-state index in [1.807, 2.05) is 0 Å². The zero-order valence-electron chi connectivity index (χ0n) is 12.0. The van der Waals surface area contributed by atoms with E-state index in [9.17, 15) is 5.11 Å². The molecule has 0 amide bonds. The first kappa shape index (κ1) is 17.8. The SMILES string of the molecule is CCCCCCC[C@H](O)/C=C/C#CC#CCCCO. The first-order valence-corrected chi connectivity index (χ1v) is 7.25. The van der Waals surface area contributed by atoms with Crippen LogP contribution in [-0.4, -0.2) is 22.9 Å². The van der Waals surface area contributed by atoms with Gasteiger partial charge in [-0.1, -0.05) is 50.9 Å². The number of unbranched alkanes of at least 4 members (excludes halogenated alkanes) is 5. The van der Waals surface area contributed by atoms with E-state index in [1.54, 1.807) is 12.2 Å². The van der Waals surface area contributed by atoms with Crippen molar-refractivity contribution in [3.8, 4) is 23.7 Å². The Labute approximate surface area is 117 Å². The van der Waals surface area contributed by atoms with Crippen LogP contribution in [0.4, 0.5) is 0 Å². The second-order valence-electron chi connectivity index (χ2n) is 4.53. The van der Waals surface area contributed by atoms with Crippen molar-refractivity contribution < 1.29 is 10.2 Å². The second-order valence-corrected chi connectivity index (χ2v) is 4.53. The molecule has 2 N–H and O–H groups in total. The molecule has 0 unspecified atom stereocenters. The third-order valence-corrected chi connectivity index (χ3v) is 2.69. The average molecular weight is 262 g/mol. The summed E-state index contributed by atoms with van der Waals surface area (Å²) < 4.78 is 0. The monoisotopic (exact) mass is 262 g/mol. The van der Waals surface area contributed by atoms with E-state index in [-0.39, 0.29) is 6.61 Å². The van der Waals surface area contributed by atoms with E-state index in [0.717, 1.165) is 12.8 Å². The number of hydrogen-bond donors (Lipinski definition) is 2. The number of hydrogen-bond acceptors (Lipinski definition) is 2. The predicted molar refractivity (Wildman–Crippen MR) is 80.4 cm³/mol. The first-order valence-electron chi connectivity index (χ1n) is 7.25. The first-order chi connectivity index (χ1) is 9.31. The normalized spacial score (nSPS) is 11.5. The summed E-state index contributed by atoms with van der Waals surface area (Å²) in [5, 5.41) is 18.2. The van der Waals surface area contributed by atoms with E-state index < -0.39 is 6.10 Å². The van der Waals surface area contributed by atoms with Crippen LogP contribution in [0.15, 0.2) is 12.2 Å². The molecule has 0 radical (unpaired) electrons. The van der Waals surface area contributed by atoms with Crippen molar-refractivity contribution in [1.82, 2.24) is 0 Å². The maximum Gasteiger partial charge on any atom is 0.0730 e. The maximum absolute atomic E-state index is 9.66. The quantitative estimate of drug-likeness (QED) is 0.495. The van der Waals surface area contributed by atoms with Gasteiger partial charge in [0.2, 0.25) is 0 Å². The lowest BCUT2D eigenvalue weighted by atomic mass is 10.1. The molecule has 0 spiro atoms. The summed E-state index contributed by atoms with van der Waals surface area (Å²) >= 11 is 0. The highest BCUT2D eigenvalue weighted by Crippen LogP contribution is 2.07. The number of allylic oxidation sites excluding steroid dienone is 1. The third kappa shape index (κ3) is 14.7. The van der Waals surface area contributed by atoms with Crippen LogP contribution in [0.3, 0.4) is 0 Å². The van der Waals surface area contributed by atoms with Crippen LogP contribution >= 0.6 is 0 Å². The lowest BCUT2D eigenvalue weighted by molar-refractivity contribution is 0.208. The van der Waals surface area contributed by atoms with Gasteiger partial charge in [-0.05, 0) is 36.8 Å². The molecule has 0 heterocycles. The highest BCUT2D eigenvalue weighted by atomic mass is 16.3. The lowest BCUT2D eigenvalue weighted by Crippen LogP contribution is -2.01. The molecule has 0 saturated carbocycles. The molecular formula is C17H26O2. The Morgan fingerprint density at radius 2 is 1.84 bits per heavy atom. The van der Waals surface area contributed by atoms with Gasteiger partial charge in [0, 0.05) is 13.0 Å². The molecule has 0 aliphatic rings. The Kier molecular flexibility index (Phi) is 13.9. The highest BCUT2D eigenvalue weighted by molar-refractivity contribution is 5.30. The fraction of sp³-hybridized carbons (Fsp3) is 0.647. The van der Waals surface area contributed by atoms with Gasteiger partial charge in [-0.3, -0.25) is 0 Å². The molecular weight excluding hydrogens is 236 g/mol. The van der Waals surface area contributed by atoms with Crippen LogP contribution in [0, 0.1) is 23.7 Å². The smallest absolute Gasteiger partial charge is 0.0730 e. The zero-order chi connectivity index (χ0) is 14.2. The van der Waals surface area contributed by atoms with E-state index in [4.69, 9.17) is 5.11 Å². The third-order valence-electron chi connectivity index (χ3n) is 2.69. The molecule has 0 saturated heterocycles. The summed E-state index contributed by atoms with van der Waals surface area (Å²) in [5.41, 5.74) is 0. The average Bonchev–Trinajstić information content (AvgIpc) is 2.41. The van der Waals surface area contributed by atoms with Crippen molar-refractivity contribution in [3.63, 3.8) is 0 Å². The molecule has 106 valence electrons. The van der Waals surface area contributed by atoms with Crippen molar-refractivity contribution in [3.05, 3.63) is 12.2 Å². The minimum Gasteiger partial charge on any atom is -0.396 e. The summed E-state index contributed by atoms with van der Waals surface area (Å²) in [6, 6.07) is 0. The summed E-state index contributed by atoms with van der Waals surface area (Å²) in [6.07, 6.45) is 11.2. The van der Waals surface area contributed by atoms with E-state index in [1.165, 1.54) is 25.7 Å². The standard InChI is InChI=1S/C17H26O2/c1-2-3-4-8-11-14-17(19)15-12-9-6-5-7-10-13-16-18/h12,15,17-19H,2-4,8,10-11,13-14,16H2,1H3/b15-12+/t17-/m0/s1. The van der Waals surface area contributed by atoms with Crippen molar-refractivity contribution in [1.29, 1.82) is 0 Å². The summed E-state index contributed by atoms with van der Waals surface area (Å²) in [7, 11) is 0. The number of aliphatic hydroxyl groups excluding tert-OH is 2. The molecule has 0 fully saturated rings. The van der Waals surface area contributed by atoms with Crippen molar-refractivity contribution in [2.24, 2.45) is 0 Å². The van der Waals surface area contributed by atoms with Gasteiger partial charge in [0.05, 0.1) is 6.10 Å². The molecule has 0 bridgehead atoms. The topological polar surface area (TPSA) is 40.5 Å². The molecule has 0 aromatic rings. The van der Waals surface area contributed by atoms with Crippen LogP contribution in [0.5, 0.6) is 0 Å². The van der Waals surface area contributed by atoms with Gasteiger partial charge in [0.1, 0.15) is 0 Å². The van der Waals surface area contributed by atoms with Gasteiger partial charge in [0.15, 0.2) is 0 Å². The van der Waals surface area contributed by atoms with Crippen LogP contribution < -0.4 is 0 Å². The largest absolute Gasteiger partial charge is 0.396 e. The van der Waals surface area contributed by atoms with Crippen molar-refractivity contribution >= 4 is 0 Å². The van der Waals surface area contributed by atoms with Crippen molar-refractivity contribution in [2.45, 2.75) is 64.4 Å². The fourth-order valence-corrected chi connectivity index (χ4v) is 1.56. The molecule has 0 rings (SSSR count). The van der Waals surface area contributed by atoms with Crippen LogP contribution in [-0.2, 0) is 0 Å². The van der Waals surface area contributed by atoms with Gasteiger partial charge in [-0.15, -0.1) is 0 Å². The Hall–Kier alpha value is -1.22. The van der Waals surface area contributed by atoms with Gasteiger partial charge >= 0.3 is 0 Å². The minimum absolute atomic E-state index is 0.173. The van der Waals surface area contributed by atoms with Crippen LogP contribution in [0.1, 0.15) is 58.3 Å². The summed E-state index contributed by atoms with van der Waals surface area (Å²) in [6.45, 7) is 2.37. The summed E-state index contributed by atoms with van der Waals surface area (Å²) in [4.78, 5) is 0. The molecule has 0 aromatic carbocycles. The van der Waals surface area contributed by atoms with Gasteiger partial charge in [-0.25, -0.2) is 0 Å². The van der Waals surface area contributed by atoms with E-state index in [0.29, 0.717) is 12.8 Å². The van der Waals surface area contributed by atoms with Crippen LogP contribution in [0.2, 0.25) is 0 Å². The van der Waals surface area contributed by atoms with Crippen LogP contribution in [0.25, 0.3) is 0 Å². The maximum atomic E-state index is 9.66. The molecule has 0 aliphatic heterocycles.